The highest BCUT2D eigenvalue weighted by Crippen LogP contribution is 2.14. The summed E-state index contributed by atoms with van der Waals surface area (Å²) in [6.45, 7) is 7.55. The lowest BCUT2D eigenvalue weighted by Gasteiger charge is -2.28. The molecule has 0 bridgehead atoms. The molecule has 0 amide bonds. The van der Waals surface area contributed by atoms with Crippen molar-refractivity contribution < 1.29 is 18.0 Å². The molecule has 0 aromatic heterocycles. The predicted molar refractivity (Wildman–Crippen MR) is 73.3 cm³/mol. The zero-order valence-corrected chi connectivity index (χ0v) is 12.6. The second kappa shape index (κ2) is 7.53. The fourth-order valence-electron chi connectivity index (χ4n) is 1.74. The number of hydrogen-bond acceptors (Lipinski definition) is 4. The Morgan fingerprint density at radius 2 is 1.28 bits per heavy atom. The molecule has 102 valence electrons. The second-order valence-corrected chi connectivity index (χ2v) is 6.14. The lowest BCUT2D eigenvalue weighted by Crippen LogP contribution is -2.56. The minimum atomic E-state index is -2.76. The summed E-state index contributed by atoms with van der Waals surface area (Å²) in [6.07, 6.45) is 0. The number of hydrogen-bond donors (Lipinski definition) is 0. The molecular formula is C13H22O4Si. The van der Waals surface area contributed by atoms with E-state index in [1.54, 1.807) is 7.11 Å². The SMILES string of the molecule is CCO[Si](OCC)(OCC)c1ccc(OC)cc1. The first-order valence-electron chi connectivity index (χ1n) is 6.28. The van der Waals surface area contributed by atoms with Gasteiger partial charge in [0.25, 0.3) is 0 Å². The molecule has 0 radical (unpaired) electrons. The van der Waals surface area contributed by atoms with Gasteiger partial charge in [0, 0.05) is 25.0 Å². The third-order valence-corrected chi connectivity index (χ3v) is 5.49. The van der Waals surface area contributed by atoms with E-state index in [1.807, 2.05) is 45.0 Å². The van der Waals surface area contributed by atoms with Gasteiger partial charge in [-0.15, -0.1) is 0 Å². The molecule has 4 nitrogen and oxygen atoms in total. The molecular weight excluding hydrogens is 248 g/mol. The van der Waals surface area contributed by atoms with Gasteiger partial charge in [-0.05, 0) is 32.9 Å². The average molecular weight is 270 g/mol. The van der Waals surface area contributed by atoms with Crippen molar-refractivity contribution in [1.29, 1.82) is 0 Å². The molecule has 0 aliphatic heterocycles. The van der Waals surface area contributed by atoms with Crippen molar-refractivity contribution in [2.45, 2.75) is 20.8 Å². The van der Waals surface area contributed by atoms with Crippen molar-refractivity contribution in [1.82, 2.24) is 0 Å². The van der Waals surface area contributed by atoms with E-state index in [-0.39, 0.29) is 0 Å². The Labute approximate surface area is 110 Å². The first kappa shape index (κ1) is 15.2. The fourth-order valence-corrected chi connectivity index (χ4v) is 4.21. The zero-order chi connectivity index (χ0) is 13.4. The van der Waals surface area contributed by atoms with Crippen LogP contribution in [0.3, 0.4) is 0 Å². The second-order valence-electron chi connectivity index (χ2n) is 3.58. The van der Waals surface area contributed by atoms with Gasteiger partial charge in [0.15, 0.2) is 0 Å². The van der Waals surface area contributed by atoms with Crippen LogP contribution in [0.4, 0.5) is 0 Å². The molecule has 0 spiro atoms. The molecule has 18 heavy (non-hydrogen) atoms. The van der Waals surface area contributed by atoms with E-state index < -0.39 is 8.80 Å². The maximum absolute atomic E-state index is 5.82. The van der Waals surface area contributed by atoms with E-state index in [2.05, 4.69) is 0 Å². The van der Waals surface area contributed by atoms with E-state index in [9.17, 15) is 0 Å². The van der Waals surface area contributed by atoms with Gasteiger partial charge >= 0.3 is 8.80 Å². The predicted octanol–water partition coefficient (Wildman–Crippen LogP) is 1.95. The van der Waals surface area contributed by atoms with Gasteiger partial charge in [-0.1, -0.05) is 12.1 Å². The standard InChI is InChI=1S/C13H22O4Si/c1-5-15-18(16-6-2,17-7-3)13-10-8-12(14-4)9-11-13/h8-11H,5-7H2,1-4H3. The lowest BCUT2D eigenvalue weighted by atomic mass is 10.3. The van der Waals surface area contributed by atoms with Crippen LogP contribution < -0.4 is 9.92 Å². The summed E-state index contributed by atoms with van der Waals surface area (Å²) >= 11 is 0. The van der Waals surface area contributed by atoms with E-state index >= 15 is 0 Å². The summed E-state index contributed by atoms with van der Waals surface area (Å²) < 4.78 is 22.6. The minimum absolute atomic E-state index is 0.568. The van der Waals surface area contributed by atoms with E-state index in [0.717, 1.165) is 10.9 Å². The summed E-state index contributed by atoms with van der Waals surface area (Å²) in [5.41, 5.74) is 0. The quantitative estimate of drug-likeness (QED) is 0.677. The Bertz CT molecular complexity index is 322. The van der Waals surface area contributed by atoms with E-state index in [4.69, 9.17) is 18.0 Å². The van der Waals surface area contributed by atoms with Gasteiger partial charge in [-0.3, -0.25) is 0 Å². The van der Waals surface area contributed by atoms with Gasteiger partial charge in [0.05, 0.1) is 7.11 Å². The Morgan fingerprint density at radius 1 is 0.833 bits per heavy atom. The summed E-state index contributed by atoms with van der Waals surface area (Å²) in [5, 5.41) is 0.967. The molecule has 1 aromatic carbocycles. The van der Waals surface area contributed by atoms with Crippen molar-refractivity contribution in [3.8, 4) is 5.75 Å². The van der Waals surface area contributed by atoms with Crippen molar-refractivity contribution >= 4 is 14.0 Å². The number of rotatable bonds is 8. The van der Waals surface area contributed by atoms with Crippen LogP contribution in [0, 0.1) is 0 Å². The van der Waals surface area contributed by atoms with Crippen molar-refractivity contribution in [2.75, 3.05) is 26.9 Å². The monoisotopic (exact) mass is 270 g/mol. The van der Waals surface area contributed by atoms with Crippen LogP contribution in [-0.4, -0.2) is 35.7 Å². The van der Waals surface area contributed by atoms with Gasteiger partial charge in [0.2, 0.25) is 0 Å². The van der Waals surface area contributed by atoms with Crippen LogP contribution in [0.2, 0.25) is 0 Å². The number of ether oxygens (including phenoxy) is 1. The highest BCUT2D eigenvalue weighted by atomic mass is 28.4. The van der Waals surface area contributed by atoms with Crippen molar-refractivity contribution in [3.63, 3.8) is 0 Å². The van der Waals surface area contributed by atoms with Crippen LogP contribution in [0.1, 0.15) is 20.8 Å². The first-order valence-corrected chi connectivity index (χ1v) is 8.01. The topological polar surface area (TPSA) is 36.9 Å². The molecule has 0 saturated carbocycles. The summed E-state index contributed by atoms with van der Waals surface area (Å²) in [7, 11) is -1.12. The molecule has 0 unspecified atom stereocenters. The zero-order valence-electron chi connectivity index (χ0n) is 11.6. The summed E-state index contributed by atoms with van der Waals surface area (Å²) in [6, 6.07) is 7.69. The Kier molecular flexibility index (Phi) is 6.35. The molecule has 0 aliphatic rings. The summed E-state index contributed by atoms with van der Waals surface area (Å²) in [5.74, 6) is 0.811. The highest BCUT2D eigenvalue weighted by Gasteiger charge is 2.43. The van der Waals surface area contributed by atoms with Crippen LogP contribution >= 0.6 is 0 Å². The number of methoxy groups -OCH3 is 1. The average Bonchev–Trinajstić information content (AvgIpc) is 2.39. The van der Waals surface area contributed by atoms with Gasteiger partial charge in [-0.2, -0.15) is 0 Å². The smallest absolute Gasteiger partial charge is 0.497 e. The van der Waals surface area contributed by atoms with Gasteiger partial charge in [0.1, 0.15) is 5.75 Å². The molecule has 1 rings (SSSR count). The van der Waals surface area contributed by atoms with Crippen LogP contribution in [0.15, 0.2) is 24.3 Å². The molecule has 0 fully saturated rings. The molecule has 0 saturated heterocycles. The van der Waals surface area contributed by atoms with Gasteiger partial charge < -0.3 is 18.0 Å². The maximum atomic E-state index is 5.82. The van der Waals surface area contributed by atoms with Crippen LogP contribution in [0.5, 0.6) is 5.75 Å². The molecule has 0 heterocycles. The molecule has 0 aliphatic carbocycles. The fraction of sp³-hybridized carbons (Fsp3) is 0.538. The Hall–Kier alpha value is -0.883. The van der Waals surface area contributed by atoms with Crippen molar-refractivity contribution in [3.05, 3.63) is 24.3 Å². The minimum Gasteiger partial charge on any atom is -0.497 e. The maximum Gasteiger partial charge on any atom is 0.537 e. The number of benzene rings is 1. The summed E-state index contributed by atoms with van der Waals surface area (Å²) in [4.78, 5) is 0. The first-order chi connectivity index (χ1) is 8.72. The third kappa shape index (κ3) is 3.55. The van der Waals surface area contributed by atoms with Crippen molar-refractivity contribution in [2.24, 2.45) is 0 Å². The van der Waals surface area contributed by atoms with Crippen LogP contribution in [-0.2, 0) is 13.3 Å². The highest BCUT2D eigenvalue weighted by molar-refractivity contribution is 6.75. The third-order valence-electron chi connectivity index (χ3n) is 2.45. The molecule has 1 aromatic rings. The van der Waals surface area contributed by atoms with Crippen LogP contribution in [0.25, 0.3) is 0 Å². The Morgan fingerprint density at radius 3 is 1.61 bits per heavy atom. The Balaban J connectivity index is 3.04. The van der Waals surface area contributed by atoms with E-state index in [1.165, 1.54) is 0 Å². The largest absolute Gasteiger partial charge is 0.537 e. The van der Waals surface area contributed by atoms with Gasteiger partial charge in [-0.25, -0.2) is 0 Å². The lowest BCUT2D eigenvalue weighted by molar-refractivity contribution is 0.0859. The van der Waals surface area contributed by atoms with E-state index in [0.29, 0.717) is 19.8 Å². The molecule has 5 heteroatoms. The normalized spacial score (nSPS) is 11.6. The molecule has 0 atom stereocenters. The molecule has 0 N–H and O–H groups in total.